The molecule has 0 aromatic rings. The summed E-state index contributed by atoms with van der Waals surface area (Å²) in [5.74, 6) is 0. The number of hydrogen-bond donors (Lipinski definition) is 1. The lowest BCUT2D eigenvalue weighted by Crippen LogP contribution is -2.64. The van der Waals surface area contributed by atoms with Gasteiger partial charge in [0, 0.05) is 0 Å². The van der Waals surface area contributed by atoms with Crippen LogP contribution >= 0.6 is 0 Å². The van der Waals surface area contributed by atoms with E-state index in [9.17, 15) is 9.90 Å². The predicted octanol–water partition coefficient (Wildman–Crippen LogP) is 5.83. The molecule has 0 aliphatic carbocycles. The van der Waals surface area contributed by atoms with Crippen molar-refractivity contribution in [1.29, 1.82) is 0 Å². The average Bonchev–Trinajstić information content (AvgIpc) is 2.61. The number of rotatable bonds is 11. The molecule has 0 saturated carbocycles. The Hall–Kier alpha value is -0.810. The SMILES string of the molecule is CCCCCCCCCCCCC1(O)CC2COCC(C1)N2C(=O)OC(C)(C)C. The van der Waals surface area contributed by atoms with Crippen LogP contribution in [0, 0.1) is 0 Å². The number of piperidine rings is 1. The first-order chi connectivity index (χ1) is 13.7. The lowest BCUT2D eigenvalue weighted by atomic mass is 9.78. The highest BCUT2D eigenvalue weighted by Crippen LogP contribution is 2.38. The van der Waals surface area contributed by atoms with Crippen LogP contribution in [0.2, 0.25) is 0 Å². The highest BCUT2D eigenvalue weighted by molar-refractivity contribution is 5.69. The van der Waals surface area contributed by atoms with Gasteiger partial charge in [-0.25, -0.2) is 4.79 Å². The Bertz CT molecular complexity index is 474. The molecule has 2 rings (SSSR count). The smallest absolute Gasteiger partial charge is 0.410 e. The largest absolute Gasteiger partial charge is 0.444 e. The van der Waals surface area contributed by atoms with Gasteiger partial charge in [-0.05, 0) is 40.0 Å². The lowest BCUT2D eigenvalue weighted by molar-refractivity contribution is -0.140. The van der Waals surface area contributed by atoms with Crippen LogP contribution < -0.4 is 0 Å². The van der Waals surface area contributed by atoms with Crippen molar-refractivity contribution in [3.05, 3.63) is 0 Å². The standard InChI is InChI=1S/C24H45NO4/c1-5-6-7-8-9-10-11-12-13-14-15-24(27)16-20-18-28-19-21(17-24)25(20)22(26)29-23(2,3)4/h20-21,27H,5-19H2,1-4H3. The number of aliphatic hydroxyl groups is 1. The number of hydrogen-bond acceptors (Lipinski definition) is 4. The van der Waals surface area contributed by atoms with Crippen molar-refractivity contribution in [3.8, 4) is 0 Å². The molecule has 1 N–H and O–H groups in total. The molecule has 2 heterocycles. The molecule has 0 spiro atoms. The summed E-state index contributed by atoms with van der Waals surface area (Å²) >= 11 is 0. The average molecular weight is 412 g/mol. The second-order valence-electron chi connectivity index (χ2n) is 10.3. The van der Waals surface area contributed by atoms with Crippen LogP contribution in [0.3, 0.4) is 0 Å². The fourth-order valence-electron chi connectivity index (χ4n) is 4.83. The molecule has 5 heteroatoms. The van der Waals surface area contributed by atoms with Gasteiger partial charge in [0.25, 0.3) is 0 Å². The highest BCUT2D eigenvalue weighted by Gasteiger charge is 2.48. The predicted molar refractivity (Wildman–Crippen MR) is 117 cm³/mol. The summed E-state index contributed by atoms with van der Waals surface area (Å²) in [7, 11) is 0. The Kier molecular flexibility index (Phi) is 9.74. The highest BCUT2D eigenvalue weighted by atomic mass is 16.6. The summed E-state index contributed by atoms with van der Waals surface area (Å²) in [6, 6.07) is -0.157. The molecule has 2 unspecified atom stereocenters. The van der Waals surface area contributed by atoms with Crippen molar-refractivity contribution in [3.63, 3.8) is 0 Å². The summed E-state index contributed by atoms with van der Waals surface area (Å²) < 4.78 is 11.3. The van der Waals surface area contributed by atoms with Crippen molar-refractivity contribution < 1.29 is 19.4 Å². The minimum Gasteiger partial charge on any atom is -0.444 e. The number of nitrogens with zero attached hydrogens (tertiary/aromatic N) is 1. The van der Waals surface area contributed by atoms with Crippen molar-refractivity contribution >= 4 is 6.09 Å². The Morgan fingerprint density at radius 3 is 1.93 bits per heavy atom. The van der Waals surface area contributed by atoms with Crippen LogP contribution in [0.1, 0.15) is 111 Å². The zero-order valence-corrected chi connectivity index (χ0v) is 19.4. The van der Waals surface area contributed by atoms with E-state index in [4.69, 9.17) is 9.47 Å². The maximum Gasteiger partial charge on any atom is 0.410 e. The molecule has 29 heavy (non-hydrogen) atoms. The van der Waals surface area contributed by atoms with Crippen molar-refractivity contribution in [2.75, 3.05) is 13.2 Å². The zero-order chi connectivity index (χ0) is 21.3. The zero-order valence-electron chi connectivity index (χ0n) is 19.4. The molecule has 1 amide bonds. The number of carbonyl (C=O) groups excluding carboxylic acids is 1. The molecular weight excluding hydrogens is 366 g/mol. The maximum atomic E-state index is 12.6. The number of carbonyl (C=O) groups is 1. The number of ether oxygens (including phenoxy) is 2. The van der Waals surface area contributed by atoms with Crippen molar-refractivity contribution in [1.82, 2.24) is 4.90 Å². The third-order valence-corrected chi connectivity index (χ3v) is 6.24. The van der Waals surface area contributed by atoms with E-state index in [2.05, 4.69) is 6.92 Å². The first kappa shape index (κ1) is 24.5. The first-order valence-electron chi connectivity index (χ1n) is 12.1. The first-order valence-corrected chi connectivity index (χ1v) is 12.1. The van der Waals surface area contributed by atoms with Gasteiger partial charge in [0.1, 0.15) is 5.60 Å². The Morgan fingerprint density at radius 1 is 0.966 bits per heavy atom. The number of fused-ring (bicyclic) bond motifs is 2. The van der Waals surface area contributed by atoms with E-state index in [1.54, 1.807) is 0 Å². The molecule has 5 nitrogen and oxygen atoms in total. The monoisotopic (exact) mass is 411 g/mol. The Labute approximate surface area is 178 Å². The van der Waals surface area contributed by atoms with Crippen LogP contribution in [0.15, 0.2) is 0 Å². The van der Waals surface area contributed by atoms with Gasteiger partial charge < -0.3 is 14.6 Å². The minimum atomic E-state index is -0.669. The summed E-state index contributed by atoms with van der Waals surface area (Å²) in [6.07, 6.45) is 14.8. The fraction of sp³-hybridized carbons (Fsp3) is 0.958. The maximum absolute atomic E-state index is 12.6. The summed E-state index contributed by atoms with van der Waals surface area (Å²) in [5, 5.41) is 11.2. The van der Waals surface area contributed by atoms with E-state index in [0.717, 1.165) is 12.8 Å². The topological polar surface area (TPSA) is 59.0 Å². The quantitative estimate of drug-likeness (QED) is 0.435. The Morgan fingerprint density at radius 2 is 1.45 bits per heavy atom. The van der Waals surface area contributed by atoms with Gasteiger partial charge in [-0.15, -0.1) is 0 Å². The molecule has 170 valence electrons. The van der Waals surface area contributed by atoms with Gasteiger partial charge in [0.15, 0.2) is 0 Å². The van der Waals surface area contributed by atoms with E-state index in [-0.39, 0.29) is 18.2 Å². The molecule has 2 aliphatic rings. The molecule has 2 fully saturated rings. The number of unbranched alkanes of at least 4 members (excludes halogenated alkanes) is 9. The molecule has 2 saturated heterocycles. The Balaban J connectivity index is 1.69. The normalized spacial score (nSPS) is 27.1. The molecule has 2 aliphatic heterocycles. The molecule has 2 atom stereocenters. The van der Waals surface area contributed by atoms with Crippen LogP contribution in [0.25, 0.3) is 0 Å². The summed E-state index contributed by atoms with van der Waals surface area (Å²) in [4.78, 5) is 14.5. The van der Waals surface area contributed by atoms with E-state index in [1.165, 1.54) is 57.8 Å². The van der Waals surface area contributed by atoms with Gasteiger partial charge >= 0.3 is 6.09 Å². The van der Waals surface area contributed by atoms with Crippen molar-refractivity contribution in [2.45, 2.75) is 134 Å². The van der Waals surface area contributed by atoms with Gasteiger partial charge in [-0.2, -0.15) is 0 Å². The van der Waals surface area contributed by atoms with E-state index >= 15 is 0 Å². The van der Waals surface area contributed by atoms with Gasteiger partial charge in [0.05, 0.1) is 30.9 Å². The van der Waals surface area contributed by atoms with Crippen LogP contribution in [-0.2, 0) is 9.47 Å². The van der Waals surface area contributed by atoms with Crippen molar-refractivity contribution in [2.24, 2.45) is 0 Å². The summed E-state index contributed by atoms with van der Waals surface area (Å²) in [5.41, 5.74) is -1.17. The second kappa shape index (κ2) is 11.5. The lowest BCUT2D eigenvalue weighted by Gasteiger charge is -2.51. The molecule has 0 aromatic carbocycles. The number of amides is 1. The van der Waals surface area contributed by atoms with E-state index in [0.29, 0.717) is 26.1 Å². The van der Waals surface area contributed by atoms with Gasteiger partial charge in [-0.1, -0.05) is 71.1 Å². The van der Waals surface area contributed by atoms with Crippen LogP contribution in [0.5, 0.6) is 0 Å². The van der Waals surface area contributed by atoms with Crippen LogP contribution in [-0.4, -0.2) is 52.6 Å². The van der Waals surface area contributed by atoms with Gasteiger partial charge in [-0.3, -0.25) is 4.90 Å². The molecule has 0 radical (unpaired) electrons. The van der Waals surface area contributed by atoms with Gasteiger partial charge in [0.2, 0.25) is 0 Å². The molecule has 0 aromatic heterocycles. The summed E-state index contributed by atoms with van der Waals surface area (Å²) in [6.45, 7) is 8.93. The minimum absolute atomic E-state index is 0.0783. The molecular formula is C24H45NO4. The van der Waals surface area contributed by atoms with E-state index < -0.39 is 11.2 Å². The van der Waals surface area contributed by atoms with Crippen LogP contribution in [0.4, 0.5) is 4.79 Å². The second-order valence-corrected chi connectivity index (χ2v) is 10.3. The number of morpholine rings is 1. The molecule has 2 bridgehead atoms. The fourth-order valence-corrected chi connectivity index (χ4v) is 4.83. The third kappa shape index (κ3) is 8.45. The third-order valence-electron chi connectivity index (χ3n) is 6.24. The van der Waals surface area contributed by atoms with E-state index in [1.807, 2.05) is 25.7 Å².